The number of benzene rings is 1. The summed E-state index contributed by atoms with van der Waals surface area (Å²) in [5.41, 5.74) is 0.435. The van der Waals surface area contributed by atoms with E-state index in [1.165, 1.54) is 24.3 Å². The second-order valence-electron chi connectivity index (χ2n) is 6.35. The van der Waals surface area contributed by atoms with Crippen molar-refractivity contribution in [1.29, 1.82) is 0 Å². The average Bonchev–Trinajstić information content (AvgIpc) is 3.13. The predicted octanol–water partition coefficient (Wildman–Crippen LogP) is 2.92. The lowest BCUT2D eigenvalue weighted by Crippen LogP contribution is -2.46. The Kier molecular flexibility index (Phi) is 5.14. The van der Waals surface area contributed by atoms with Crippen molar-refractivity contribution in [1.82, 2.24) is 9.80 Å². The van der Waals surface area contributed by atoms with Gasteiger partial charge in [-0.3, -0.25) is 14.9 Å². The largest absolute Gasteiger partial charge is 0.467 e. The molecule has 1 fully saturated rings. The number of non-ortho nitro benzene ring substituents is 1. The van der Waals surface area contributed by atoms with E-state index in [2.05, 4.69) is 11.9 Å². The van der Waals surface area contributed by atoms with Gasteiger partial charge in [-0.25, -0.2) is 0 Å². The van der Waals surface area contributed by atoms with Crippen LogP contribution in [-0.2, 0) is 6.54 Å². The van der Waals surface area contributed by atoms with Gasteiger partial charge in [0.2, 0.25) is 0 Å². The first-order valence-corrected chi connectivity index (χ1v) is 8.31. The van der Waals surface area contributed by atoms with Crippen molar-refractivity contribution >= 4 is 11.6 Å². The molecule has 1 aliphatic rings. The number of amides is 1. The molecule has 0 spiro atoms. The van der Waals surface area contributed by atoms with Crippen molar-refractivity contribution in [2.75, 3.05) is 20.1 Å². The number of nitro benzene ring substituents is 1. The molecule has 2 aromatic rings. The molecule has 0 N–H and O–H groups in total. The summed E-state index contributed by atoms with van der Waals surface area (Å²) in [4.78, 5) is 27.4. The maximum absolute atomic E-state index is 13.0. The molecule has 1 aromatic heterocycles. The Balaban J connectivity index is 1.82. The second kappa shape index (κ2) is 7.48. The summed E-state index contributed by atoms with van der Waals surface area (Å²) in [5, 5.41) is 10.8. The van der Waals surface area contributed by atoms with Crippen molar-refractivity contribution in [2.24, 2.45) is 0 Å². The maximum Gasteiger partial charge on any atom is 0.269 e. The first kappa shape index (κ1) is 17.2. The van der Waals surface area contributed by atoms with E-state index in [0.717, 1.165) is 31.7 Å². The Morgan fingerprint density at radius 1 is 1.28 bits per heavy atom. The molecule has 0 saturated carbocycles. The summed E-state index contributed by atoms with van der Waals surface area (Å²) in [5.74, 6) is 0.607. The van der Waals surface area contributed by atoms with Crippen LogP contribution in [0.3, 0.4) is 0 Å². The lowest BCUT2D eigenvalue weighted by atomic mass is 10.0. The number of piperidine rings is 1. The molecule has 7 nitrogen and oxygen atoms in total. The molecule has 25 heavy (non-hydrogen) atoms. The summed E-state index contributed by atoms with van der Waals surface area (Å²) in [6, 6.07) is 9.56. The van der Waals surface area contributed by atoms with E-state index < -0.39 is 4.92 Å². The third-order valence-corrected chi connectivity index (χ3v) is 4.62. The number of likely N-dealkylation sites (tertiary alicyclic amines) is 1. The van der Waals surface area contributed by atoms with Gasteiger partial charge in [-0.2, -0.15) is 0 Å². The number of hydrogen-bond donors (Lipinski definition) is 0. The van der Waals surface area contributed by atoms with Crippen LogP contribution >= 0.6 is 0 Å². The zero-order valence-corrected chi connectivity index (χ0v) is 14.1. The van der Waals surface area contributed by atoms with Gasteiger partial charge in [-0.05, 0) is 57.2 Å². The minimum atomic E-state index is -0.466. The zero-order chi connectivity index (χ0) is 17.8. The third kappa shape index (κ3) is 4.06. The topological polar surface area (TPSA) is 79.8 Å². The fourth-order valence-electron chi connectivity index (χ4n) is 3.14. The standard InChI is InChI=1S/C18H21N3O4/c1-19-10-8-15(9-11-19)20(13-17-3-2-12-25-17)18(22)14-4-6-16(7-5-14)21(23)24/h2-7,12,15H,8-11,13H2,1H3. The summed E-state index contributed by atoms with van der Waals surface area (Å²) >= 11 is 0. The van der Waals surface area contributed by atoms with Crippen LogP contribution in [0.25, 0.3) is 0 Å². The quantitative estimate of drug-likeness (QED) is 0.616. The number of carbonyl (C=O) groups excluding carboxylic acids is 1. The Morgan fingerprint density at radius 2 is 1.96 bits per heavy atom. The highest BCUT2D eigenvalue weighted by Gasteiger charge is 2.28. The lowest BCUT2D eigenvalue weighted by Gasteiger charge is -2.37. The van der Waals surface area contributed by atoms with Crippen LogP contribution in [0, 0.1) is 10.1 Å². The number of nitro groups is 1. The number of rotatable bonds is 5. The normalized spacial score (nSPS) is 15.9. The van der Waals surface area contributed by atoms with Crippen LogP contribution in [0.15, 0.2) is 47.1 Å². The van der Waals surface area contributed by atoms with Crippen LogP contribution in [0.1, 0.15) is 29.0 Å². The van der Waals surface area contributed by atoms with E-state index in [1.807, 2.05) is 11.0 Å². The predicted molar refractivity (Wildman–Crippen MR) is 92.2 cm³/mol. The first-order chi connectivity index (χ1) is 12.0. The lowest BCUT2D eigenvalue weighted by molar-refractivity contribution is -0.384. The van der Waals surface area contributed by atoms with E-state index in [1.54, 1.807) is 12.3 Å². The van der Waals surface area contributed by atoms with Gasteiger partial charge in [-0.1, -0.05) is 0 Å². The molecule has 1 aromatic carbocycles. The van der Waals surface area contributed by atoms with Crippen LogP contribution < -0.4 is 0 Å². The molecule has 7 heteroatoms. The van der Waals surface area contributed by atoms with Gasteiger partial charge in [0, 0.05) is 23.7 Å². The fourth-order valence-corrected chi connectivity index (χ4v) is 3.14. The van der Waals surface area contributed by atoms with E-state index in [0.29, 0.717) is 12.1 Å². The van der Waals surface area contributed by atoms with Gasteiger partial charge in [0.15, 0.2) is 0 Å². The molecule has 0 unspecified atom stereocenters. The molecule has 0 radical (unpaired) electrons. The number of nitrogens with zero attached hydrogens (tertiary/aromatic N) is 3. The van der Waals surface area contributed by atoms with Gasteiger partial charge in [0.25, 0.3) is 11.6 Å². The molecule has 0 aliphatic carbocycles. The van der Waals surface area contributed by atoms with Gasteiger partial charge >= 0.3 is 0 Å². The van der Waals surface area contributed by atoms with E-state index >= 15 is 0 Å². The minimum absolute atomic E-state index is 0.0200. The zero-order valence-electron chi connectivity index (χ0n) is 14.1. The monoisotopic (exact) mass is 343 g/mol. The Hall–Kier alpha value is -2.67. The highest BCUT2D eigenvalue weighted by atomic mass is 16.6. The Labute approximate surface area is 146 Å². The Morgan fingerprint density at radius 3 is 2.52 bits per heavy atom. The van der Waals surface area contributed by atoms with Crippen LogP contribution in [0.2, 0.25) is 0 Å². The molecule has 2 heterocycles. The molecule has 1 saturated heterocycles. The number of carbonyl (C=O) groups is 1. The van der Waals surface area contributed by atoms with Crippen molar-refractivity contribution in [3.8, 4) is 0 Å². The third-order valence-electron chi connectivity index (χ3n) is 4.62. The molecule has 132 valence electrons. The molecule has 1 aliphatic heterocycles. The van der Waals surface area contributed by atoms with Gasteiger partial charge in [0.05, 0.1) is 17.7 Å². The average molecular weight is 343 g/mol. The summed E-state index contributed by atoms with van der Waals surface area (Å²) < 4.78 is 5.42. The van der Waals surface area contributed by atoms with Gasteiger partial charge in [0.1, 0.15) is 5.76 Å². The van der Waals surface area contributed by atoms with Gasteiger partial charge < -0.3 is 14.2 Å². The van der Waals surface area contributed by atoms with Gasteiger partial charge in [-0.15, -0.1) is 0 Å². The minimum Gasteiger partial charge on any atom is -0.467 e. The van der Waals surface area contributed by atoms with Crippen molar-refractivity contribution in [3.05, 3.63) is 64.1 Å². The Bertz CT molecular complexity index is 719. The molecule has 0 bridgehead atoms. The molecular formula is C18H21N3O4. The second-order valence-corrected chi connectivity index (χ2v) is 6.35. The van der Waals surface area contributed by atoms with Crippen molar-refractivity contribution < 1.29 is 14.1 Å². The fraction of sp³-hybridized carbons (Fsp3) is 0.389. The molecule has 3 rings (SSSR count). The van der Waals surface area contributed by atoms with Crippen LogP contribution in [0.5, 0.6) is 0 Å². The highest BCUT2D eigenvalue weighted by molar-refractivity contribution is 5.94. The smallest absolute Gasteiger partial charge is 0.269 e. The molecule has 0 atom stereocenters. The van der Waals surface area contributed by atoms with E-state index in [-0.39, 0.29) is 17.6 Å². The van der Waals surface area contributed by atoms with E-state index in [9.17, 15) is 14.9 Å². The number of hydrogen-bond acceptors (Lipinski definition) is 5. The van der Waals surface area contributed by atoms with Crippen LogP contribution in [0.4, 0.5) is 5.69 Å². The van der Waals surface area contributed by atoms with Crippen molar-refractivity contribution in [3.63, 3.8) is 0 Å². The summed E-state index contributed by atoms with van der Waals surface area (Å²) in [6.07, 6.45) is 3.39. The van der Waals surface area contributed by atoms with E-state index in [4.69, 9.17) is 4.42 Å². The SMILES string of the molecule is CN1CCC(N(Cc2ccco2)C(=O)c2ccc([N+](=O)[O-])cc2)CC1. The first-order valence-electron chi connectivity index (χ1n) is 8.31. The summed E-state index contributed by atoms with van der Waals surface area (Å²) in [6.45, 7) is 2.27. The van der Waals surface area contributed by atoms with Crippen LogP contribution in [-0.4, -0.2) is 46.8 Å². The van der Waals surface area contributed by atoms with Crippen molar-refractivity contribution in [2.45, 2.75) is 25.4 Å². The summed E-state index contributed by atoms with van der Waals surface area (Å²) in [7, 11) is 2.07. The molecular weight excluding hydrogens is 322 g/mol. The maximum atomic E-state index is 13.0. The number of furan rings is 1. The molecule has 1 amide bonds. The highest BCUT2D eigenvalue weighted by Crippen LogP contribution is 2.22.